The Morgan fingerprint density at radius 2 is 1.65 bits per heavy atom. The number of esters is 1. The van der Waals surface area contributed by atoms with E-state index in [2.05, 4.69) is 0 Å². The lowest BCUT2D eigenvalue weighted by Gasteiger charge is -2.56. The number of carbonyl (C=O) groups excluding carboxylic acids is 1. The maximum absolute atomic E-state index is 13.5. The molecule has 0 spiro atoms. The van der Waals surface area contributed by atoms with Crippen LogP contribution in [-0.4, -0.2) is 29.6 Å². The maximum Gasteiger partial charge on any atom is 0.338 e. The van der Waals surface area contributed by atoms with Crippen molar-refractivity contribution in [2.45, 2.75) is 51.0 Å². The minimum Gasteiger partial charge on any atom is -0.462 e. The van der Waals surface area contributed by atoms with Crippen LogP contribution in [0, 0.1) is 17.8 Å². The van der Waals surface area contributed by atoms with Crippen molar-refractivity contribution in [2.24, 2.45) is 17.8 Å². The van der Waals surface area contributed by atoms with E-state index in [1.807, 2.05) is 0 Å². The van der Waals surface area contributed by atoms with Crippen LogP contribution in [-0.2, 0) is 13.8 Å². The summed E-state index contributed by atoms with van der Waals surface area (Å²) in [6, 6.07) is 6.45. The van der Waals surface area contributed by atoms with Gasteiger partial charge in [0.2, 0.25) is 0 Å². The summed E-state index contributed by atoms with van der Waals surface area (Å²) in [5, 5.41) is 10.4. The van der Waals surface area contributed by atoms with E-state index in [0.29, 0.717) is 35.2 Å². The van der Waals surface area contributed by atoms with Crippen LogP contribution < -0.4 is 5.30 Å². The van der Waals surface area contributed by atoms with E-state index >= 15 is 0 Å². The highest BCUT2D eigenvalue weighted by molar-refractivity contribution is 7.66. The van der Waals surface area contributed by atoms with Crippen molar-refractivity contribution in [3.8, 4) is 0 Å². The van der Waals surface area contributed by atoms with Crippen LogP contribution in [0.15, 0.2) is 24.3 Å². The molecule has 1 N–H and O–H groups in total. The fourth-order valence-corrected chi connectivity index (χ4v) is 7.44. The maximum atomic E-state index is 13.5. The lowest BCUT2D eigenvalue weighted by Crippen LogP contribution is -2.51. The predicted octanol–water partition coefficient (Wildman–Crippen LogP) is 3.70. The summed E-state index contributed by atoms with van der Waals surface area (Å²) in [5.74, 6) is 1.64. The first kappa shape index (κ1) is 18.2. The summed E-state index contributed by atoms with van der Waals surface area (Å²) in [7, 11) is -3.36. The molecule has 0 amide bonds. The smallest absolute Gasteiger partial charge is 0.338 e. The SMILES string of the molecule is CCOC(=O)c1ccc(P(=O)(CO)OC23CC4CC(CC(C4)C2)C3)cc1. The zero-order valence-corrected chi connectivity index (χ0v) is 16.1. The van der Waals surface area contributed by atoms with Gasteiger partial charge < -0.3 is 14.4 Å². The van der Waals surface area contributed by atoms with Crippen LogP contribution in [0.5, 0.6) is 0 Å². The van der Waals surface area contributed by atoms with E-state index in [4.69, 9.17) is 9.26 Å². The third-order valence-electron chi connectivity index (χ3n) is 6.28. The van der Waals surface area contributed by atoms with Gasteiger partial charge in [-0.25, -0.2) is 4.79 Å². The molecule has 0 heterocycles. The Bertz CT molecular complexity index is 691. The molecule has 1 aromatic carbocycles. The van der Waals surface area contributed by atoms with E-state index in [9.17, 15) is 14.5 Å². The van der Waals surface area contributed by atoms with Crippen molar-refractivity contribution in [3.05, 3.63) is 29.8 Å². The number of aliphatic hydroxyl groups excluding tert-OH is 1. The highest BCUT2D eigenvalue weighted by atomic mass is 31.2. The van der Waals surface area contributed by atoms with Gasteiger partial charge in [-0.3, -0.25) is 4.57 Å². The number of benzene rings is 1. The van der Waals surface area contributed by atoms with Crippen molar-refractivity contribution in [2.75, 3.05) is 13.0 Å². The van der Waals surface area contributed by atoms with Crippen LogP contribution in [0.1, 0.15) is 55.8 Å². The van der Waals surface area contributed by atoms with Gasteiger partial charge in [0.1, 0.15) is 6.35 Å². The van der Waals surface area contributed by atoms with Crippen LogP contribution in [0.25, 0.3) is 0 Å². The third-order valence-corrected chi connectivity index (χ3v) is 8.42. The number of hydrogen-bond acceptors (Lipinski definition) is 5. The lowest BCUT2D eigenvalue weighted by molar-refractivity contribution is -0.106. The summed E-state index contributed by atoms with van der Waals surface area (Å²) in [5.41, 5.74) is 0.0715. The summed E-state index contributed by atoms with van der Waals surface area (Å²) >= 11 is 0. The van der Waals surface area contributed by atoms with Crippen LogP contribution in [0.4, 0.5) is 0 Å². The van der Waals surface area contributed by atoms with Gasteiger partial charge in [0.15, 0.2) is 0 Å². The Kier molecular flexibility index (Phi) is 4.75. The zero-order valence-electron chi connectivity index (χ0n) is 15.2. The molecule has 1 aromatic rings. The molecule has 6 heteroatoms. The molecule has 0 aromatic heterocycles. The topological polar surface area (TPSA) is 72.8 Å². The largest absolute Gasteiger partial charge is 0.462 e. The molecule has 0 saturated heterocycles. The summed E-state index contributed by atoms with van der Waals surface area (Å²) in [4.78, 5) is 11.8. The lowest BCUT2D eigenvalue weighted by atomic mass is 9.54. The van der Waals surface area contributed by atoms with E-state index in [-0.39, 0.29) is 5.60 Å². The van der Waals surface area contributed by atoms with Crippen molar-refractivity contribution < 1.29 is 23.7 Å². The molecule has 5 nitrogen and oxygen atoms in total. The summed E-state index contributed by atoms with van der Waals surface area (Å²) in [6.07, 6.45) is 6.21. The van der Waals surface area contributed by atoms with Crippen molar-refractivity contribution in [1.82, 2.24) is 0 Å². The van der Waals surface area contributed by atoms with Gasteiger partial charge in [0, 0.05) is 5.30 Å². The third kappa shape index (κ3) is 3.26. The average molecular weight is 378 g/mol. The van der Waals surface area contributed by atoms with E-state index < -0.39 is 19.7 Å². The Hall–Kier alpha value is -1.16. The molecule has 4 aliphatic rings. The Balaban J connectivity index is 1.56. The van der Waals surface area contributed by atoms with Crippen molar-refractivity contribution >= 4 is 18.6 Å². The number of aliphatic hydroxyl groups is 1. The molecular weight excluding hydrogens is 351 g/mol. The Morgan fingerprint density at radius 3 is 2.12 bits per heavy atom. The molecular formula is C20H27O5P. The molecule has 4 fully saturated rings. The monoisotopic (exact) mass is 378 g/mol. The predicted molar refractivity (Wildman–Crippen MR) is 98.7 cm³/mol. The van der Waals surface area contributed by atoms with Gasteiger partial charge in [-0.15, -0.1) is 0 Å². The zero-order chi connectivity index (χ0) is 18.4. The van der Waals surface area contributed by atoms with Gasteiger partial charge in [0.05, 0.1) is 17.8 Å². The molecule has 1 unspecified atom stereocenters. The molecule has 4 bridgehead atoms. The molecule has 0 aliphatic heterocycles. The van der Waals surface area contributed by atoms with E-state index in [1.54, 1.807) is 31.2 Å². The van der Waals surface area contributed by atoms with Crippen molar-refractivity contribution in [3.63, 3.8) is 0 Å². The molecule has 5 rings (SSSR count). The molecule has 4 saturated carbocycles. The first-order chi connectivity index (χ1) is 12.5. The Labute approximate surface area is 154 Å². The van der Waals surface area contributed by atoms with Crippen molar-refractivity contribution in [1.29, 1.82) is 0 Å². The van der Waals surface area contributed by atoms with E-state index in [0.717, 1.165) is 19.3 Å². The molecule has 4 aliphatic carbocycles. The van der Waals surface area contributed by atoms with Gasteiger partial charge >= 0.3 is 5.97 Å². The second-order valence-electron chi connectivity index (χ2n) is 8.27. The number of rotatable bonds is 6. The molecule has 26 heavy (non-hydrogen) atoms. The first-order valence-electron chi connectivity index (χ1n) is 9.64. The van der Waals surface area contributed by atoms with Crippen LogP contribution in [0.3, 0.4) is 0 Å². The fraction of sp³-hybridized carbons (Fsp3) is 0.650. The summed E-state index contributed by atoms with van der Waals surface area (Å²) in [6.45, 7) is 2.07. The minimum atomic E-state index is -3.36. The normalized spacial score (nSPS) is 34.5. The fourth-order valence-electron chi connectivity index (χ4n) is 5.66. The number of hydrogen-bond donors (Lipinski definition) is 1. The second kappa shape index (κ2) is 6.78. The second-order valence-corrected chi connectivity index (χ2v) is 10.6. The summed E-state index contributed by atoms with van der Waals surface area (Å²) < 4.78 is 24.8. The average Bonchev–Trinajstić information content (AvgIpc) is 2.60. The number of carbonyl (C=O) groups is 1. The standard InChI is InChI=1S/C20H27O5P/c1-2-24-19(22)17-3-5-18(6-4-17)26(23,13-21)25-20-10-14-7-15(11-20)9-16(8-14)12-20/h3-6,14-16,21H,2,7-13H2,1H3. The van der Waals surface area contributed by atoms with Gasteiger partial charge in [-0.2, -0.15) is 0 Å². The quantitative estimate of drug-likeness (QED) is 0.604. The Morgan fingerprint density at radius 1 is 1.12 bits per heavy atom. The molecule has 0 radical (unpaired) electrons. The molecule has 1 atom stereocenters. The number of ether oxygens (including phenoxy) is 1. The highest BCUT2D eigenvalue weighted by Crippen LogP contribution is 2.62. The van der Waals surface area contributed by atoms with Crippen LogP contribution >= 0.6 is 7.37 Å². The van der Waals surface area contributed by atoms with Gasteiger partial charge in [-0.1, -0.05) is 0 Å². The van der Waals surface area contributed by atoms with Gasteiger partial charge in [-0.05, 0) is 87.5 Å². The van der Waals surface area contributed by atoms with E-state index in [1.165, 1.54) is 19.3 Å². The van der Waals surface area contributed by atoms with Crippen LogP contribution in [0.2, 0.25) is 0 Å². The first-order valence-corrected chi connectivity index (χ1v) is 11.4. The molecule has 142 valence electrons. The van der Waals surface area contributed by atoms with Gasteiger partial charge in [0.25, 0.3) is 7.37 Å². The highest BCUT2D eigenvalue weighted by Gasteiger charge is 2.54. The minimum absolute atomic E-state index is 0.310.